The summed E-state index contributed by atoms with van der Waals surface area (Å²) in [5.74, 6) is 2.46. The lowest BCUT2D eigenvalue weighted by Crippen LogP contribution is -2.13. The molecule has 102 valence electrons. The first kappa shape index (κ1) is 13.6. The molecule has 1 aromatic heterocycles. The standard InChI is InChI=1S/C15H20N2O2/c1-11(2)18-14-6-4-13(5-7-14)9-16-10-15-17-8-12(3)19-15/h4-8,11,16H,9-10H2,1-3H3. The molecule has 0 atom stereocenters. The number of benzene rings is 1. The summed E-state index contributed by atoms with van der Waals surface area (Å²) in [5.41, 5.74) is 1.21. The van der Waals surface area contributed by atoms with Gasteiger partial charge in [-0.25, -0.2) is 4.98 Å². The Hall–Kier alpha value is -1.81. The minimum atomic E-state index is 0.206. The number of hydrogen-bond donors (Lipinski definition) is 1. The Labute approximate surface area is 113 Å². The average molecular weight is 260 g/mol. The molecule has 1 heterocycles. The summed E-state index contributed by atoms with van der Waals surface area (Å²) in [7, 11) is 0. The summed E-state index contributed by atoms with van der Waals surface area (Å²) in [6.07, 6.45) is 1.94. The van der Waals surface area contributed by atoms with E-state index in [0.29, 0.717) is 6.54 Å². The molecule has 2 aromatic rings. The van der Waals surface area contributed by atoms with E-state index in [2.05, 4.69) is 22.4 Å². The van der Waals surface area contributed by atoms with E-state index in [-0.39, 0.29) is 6.10 Å². The van der Waals surface area contributed by atoms with Crippen LogP contribution in [-0.4, -0.2) is 11.1 Å². The maximum atomic E-state index is 5.60. The highest BCUT2D eigenvalue weighted by molar-refractivity contribution is 5.27. The molecule has 0 aliphatic carbocycles. The van der Waals surface area contributed by atoms with Crippen LogP contribution in [0.5, 0.6) is 5.75 Å². The number of nitrogens with zero attached hydrogens (tertiary/aromatic N) is 1. The first-order valence-corrected chi connectivity index (χ1v) is 6.51. The topological polar surface area (TPSA) is 47.3 Å². The predicted molar refractivity (Wildman–Crippen MR) is 74.0 cm³/mol. The van der Waals surface area contributed by atoms with Gasteiger partial charge in [0.15, 0.2) is 0 Å². The summed E-state index contributed by atoms with van der Waals surface area (Å²) in [4.78, 5) is 4.14. The van der Waals surface area contributed by atoms with Crippen molar-refractivity contribution in [3.63, 3.8) is 0 Å². The maximum Gasteiger partial charge on any atom is 0.208 e. The van der Waals surface area contributed by atoms with Crippen LogP contribution in [0.15, 0.2) is 34.9 Å². The molecule has 0 aliphatic rings. The van der Waals surface area contributed by atoms with Gasteiger partial charge < -0.3 is 14.5 Å². The zero-order valence-electron chi connectivity index (χ0n) is 11.6. The molecular formula is C15H20N2O2. The van der Waals surface area contributed by atoms with E-state index in [0.717, 1.165) is 23.9 Å². The number of hydrogen-bond acceptors (Lipinski definition) is 4. The molecule has 0 bridgehead atoms. The van der Waals surface area contributed by atoms with Crippen molar-refractivity contribution >= 4 is 0 Å². The van der Waals surface area contributed by atoms with Crippen LogP contribution in [0.2, 0.25) is 0 Å². The van der Waals surface area contributed by atoms with Crippen molar-refractivity contribution in [1.29, 1.82) is 0 Å². The fourth-order valence-corrected chi connectivity index (χ4v) is 1.75. The fourth-order valence-electron chi connectivity index (χ4n) is 1.75. The second-order valence-corrected chi connectivity index (χ2v) is 4.78. The van der Waals surface area contributed by atoms with Crippen LogP contribution < -0.4 is 10.1 Å². The Morgan fingerprint density at radius 2 is 1.95 bits per heavy atom. The molecule has 0 radical (unpaired) electrons. The van der Waals surface area contributed by atoms with Crippen molar-refractivity contribution in [1.82, 2.24) is 10.3 Å². The van der Waals surface area contributed by atoms with Gasteiger partial charge in [0.25, 0.3) is 0 Å². The average Bonchev–Trinajstić information content (AvgIpc) is 2.77. The predicted octanol–water partition coefficient (Wildman–Crippen LogP) is 3.06. The highest BCUT2D eigenvalue weighted by Crippen LogP contribution is 2.13. The minimum Gasteiger partial charge on any atom is -0.491 e. The number of nitrogens with one attached hydrogen (secondary N) is 1. The zero-order valence-corrected chi connectivity index (χ0v) is 11.6. The van der Waals surface area contributed by atoms with Gasteiger partial charge in [-0.3, -0.25) is 0 Å². The molecule has 0 spiro atoms. The second kappa shape index (κ2) is 6.38. The monoisotopic (exact) mass is 260 g/mol. The number of ether oxygens (including phenoxy) is 1. The van der Waals surface area contributed by atoms with Crippen LogP contribution in [0.1, 0.15) is 31.1 Å². The van der Waals surface area contributed by atoms with Gasteiger partial charge in [0.1, 0.15) is 11.5 Å². The Kier molecular flexibility index (Phi) is 4.58. The van der Waals surface area contributed by atoms with Gasteiger partial charge in [0.05, 0.1) is 18.8 Å². The molecule has 0 fully saturated rings. The smallest absolute Gasteiger partial charge is 0.208 e. The molecule has 4 nitrogen and oxygen atoms in total. The van der Waals surface area contributed by atoms with Crippen LogP contribution in [0.4, 0.5) is 0 Å². The third-order valence-electron chi connectivity index (χ3n) is 2.57. The van der Waals surface area contributed by atoms with E-state index in [1.165, 1.54) is 5.56 Å². The van der Waals surface area contributed by atoms with Gasteiger partial charge in [0, 0.05) is 6.54 Å². The van der Waals surface area contributed by atoms with E-state index in [4.69, 9.17) is 9.15 Å². The van der Waals surface area contributed by atoms with Crippen molar-refractivity contribution in [2.24, 2.45) is 0 Å². The molecule has 0 amide bonds. The summed E-state index contributed by atoms with van der Waals surface area (Å²) in [6.45, 7) is 7.35. The van der Waals surface area contributed by atoms with Crippen LogP contribution >= 0.6 is 0 Å². The number of aromatic nitrogens is 1. The molecule has 0 unspecified atom stereocenters. The first-order valence-electron chi connectivity index (χ1n) is 6.51. The lowest BCUT2D eigenvalue weighted by molar-refractivity contribution is 0.242. The quantitative estimate of drug-likeness (QED) is 0.867. The Balaban J connectivity index is 1.79. The lowest BCUT2D eigenvalue weighted by Gasteiger charge is -2.10. The van der Waals surface area contributed by atoms with Gasteiger partial charge in [-0.2, -0.15) is 0 Å². The summed E-state index contributed by atoms with van der Waals surface area (Å²) < 4.78 is 11.0. The molecule has 0 saturated carbocycles. The van der Waals surface area contributed by atoms with Crippen molar-refractivity contribution < 1.29 is 9.15 Å². The Bertz CT molecular complexity index is 503. The van der Waals surface area contributed by atoms with Gasteiger partial charge in [-0.05, 0) is 38.5 Å². The van der Waals surface area contributed by atoms with Crippen LogP contribution in [-0.2, 0) is 13.1 Å². The zero-order chi connectivity index (χ0) is 13.7. The van der Waals surface area contributed by atoms with Crippen molar-refractivity contribution in [2.45, 2.75) is 40.0 Å². The van der Waals surface area contributed by atoms with E-state index in [1.54, 1.807) is 6.20 Å². The van der Waals surface area contributed by atoms with Gasteiger partial charge in [0.2, 0.25) is 5.89 Å². The first-order chi connectivity index (χ1) is 9.13. The molecule has 19 heavy (non-hydrogen) atoms. The second-order valence-electron chi connectivity index (χ2n) is 4.78. The molecule has 1 N–H and O–H groups in total. The van der Waals surface area contributed by atoms with Crippen LogP contribution in [0.25, 0.3) is 0 Å². The summed E-state index contributed by atoms with van der Waals surface area (Å²) in [5, 5.41) is 3.29. The molecule has 0 saturated heterocycles. The number of rotatable bonds is 6. The SMILES string of the molecule is Cc1cnc(CNCc2ccc(OC(C)C)cc2)o1. The van der Waals surface area contributed by atoms with Gasteiger partial charge in [-0.1, -0.05) is 12.1 Å². The Morgan fingerprint density at radius 1 is 1.21 bits per heavy atom. The van der Waals surface area contributed by atoms with Gasteiger partial charge >= 0.3 is 0 Å². The largest absolute Gasteiger partial charge is 0.491 e. The molecule has 0 aliphatic heterocycles. The molecule has 4 heteroatoms. The Morgan fingerprint density at radius 3 is 2.53 bits per heavy atom. The van der Waals surface area contributed by atoms with Crippen molar-refractivity contribution in [3.05, 3.63) is 47.7 Å². The highest BCUT2D eigenvalue weighted by atomic mass is 16.5. The minimum absolute atomic E-state index is 0.206. The summed E-state index contributed by atoms with van der Waals surface area (Å²) >= 11 is 0. The van der Waals surface area contributed by atoms with Crippen molar-refractivity contribution in [3.8, 4) is 5.75 Å². The highest BCUT2D eigenvalue weighted by Gasteiger charge is 2.01. The van der Waals surface area contributed by atoms with Crippen LogP contribution in [0.3, 0.4) is 0 Å². The lowest BCUT2D eigenvalue weighted by atomic mass is 10.2. The third-order valence-corrected chi connectivity index (χ3v) is 2.57. The maximum absolute atomic E-state index is 5.60. The molecule has 2 rings (SSSR count). The fraction of sp³-hybridized carbons (Fsp3) is 0.400. The number of oxazole rings is 1. The van der Waals surface area contributed by atoms with E-state index < -0.39 is 0 Å². The number of aryl methyl sites for hydroxylation is 1. The summed E-state index contributed by atoms with van der Waals surface area (Å²) in [6, 6.07) is 8.11. The molecule has 1 aromatic carbocycles. The molecular weight excluding hydrogens is 240 g/mol. The van der Waals surface area contributed by atoms with Crippen LogP contribution in [0, 0.1) is 6.92 Å². The third kappa shape index (κ3) is 4.41. The van der Waals surface area contributed by atoms with Gasteiger partial charge in [-0.15, -0.1) is 0 Å². The normalized spacial score (nSPS) is 10.9. The van der Waals surface area contributed by atoms with E-state index >= 15 is 0 Å². The van der Waals surface area contributed by atoms with Crippen molar-refractivity contribution in [2.75, 3.05) is 0 Å². The van der Waals surface area contributed by atoms with E-state index in [9.17, 15) is 0 Å². The van der Waals surface area contributed by atoms with E-state index in [1.807, 2.05) is 32.9 Å².